The predicted molar refractivity (Wildman–Crippen MR) is 62.7 cm³/mol. The standard InChI is InChI=1S/C9H16N2O2S2/c1-7-6-8(2)14-9(7)15(12,13)11(3)5-4-10/h6H,4-5,10H2,1-3H3. The van der Waals surface area contributed by atoms with Gasteiger partial charge in [-0.25, -0.2) is 8.42 Å². The number of hydrogen-bond donors (Lipinski definition) is 1. The maximum absolute atomic E-state index is 12.0. The third-order valence-corrected chi connectivity index (χ3v) is 5.71. The van der Waals surface area contributed by atoms with Gasteiger partial charge < -0.3 is 5.73 Å². The molecule has 0 aliphatic rings. The molecule has 0 aliphatic carbocycles. The summed E-state index contributed by atoms with van der Waals surface area (Å²) in [5, 5.41) is 0. The van der Waals surface area contributed by atoms with Gasteiger partial charge >= 0.3 is 0 Å². The van der Waals surface area contributed by atoms with Gasteiger partial charge in [0, 0.05) is 25.0 Å². The van der Waals surface area contributed by atoms with Gasteiger partial charge in [0.05, 0.1) is 0 Å². The van der Waals surface area contributed by atoms with Crippen LogP contribution in [-0.2, 0) is 10.0 Å². The largest absolute Gasteiger partial charge is 0.329 e. The van der Waals surface area contributed by atoms with Crippen LogP contribution in [-0.4, -0.2) is 32.9 Å². The highest BCUT2D eigenvalue weighted by Gasteiger charge is 2.24. The zero-order valence-electron chi connectivity index (χ0n) is 9.15. The van der Waals surface area contributed by atoms with Crippen LogP contribution in [0.2, 0.25) is 0 Å². The zero-order valence-corrected chi connectivity index (χ0v) is 10.8. The number of likely N-dealkylation sites (N-methyl/N-ethyl adjacent to an activating group) is 1. The van der Waals surface area contributed by atoms with Gasteiger partial charge in [-0.1, -0.05) is 0 Å². The van der Waals surface area contributed by atoms with E-state index in [1.807, 2.05) is 19.9 Å². The Morgan fingerprint density at radius 1 is 1.47 bits per heavy atom. The molecule has 0 bridgehead atoms. The third kappa shape index (κ3) is 2.57. The molecule has 0 saturated heterocycles. The average Bonchev–Trinajstić information content (AvgIpc) is 2.46. The van der Waals surface area contributed by atoms with Gasteiger partial charge in [-0.3, -0.25) is 0 Å². The van der Waals surface area contributed by atoms with Crippen LogP contribution < -0.4 is 5.73 Å². The highest BCUT2D eigenvalue weighted by atomic mass is 32.2. The maximum Gasteiger partial charge on any atom is 0.252 e. The van der Waals surface area contributed by atoms with Gasteiger partial charge in [0.1, 0.15) is 4.21 Å². The fourth-order valence-electron chi connectivity index (χ4n) is 1.32. The van der Waals surface area contributed by atoms with Crippen molar-refractivity contribution < 1.29 is 8.42 Å². The summed E-state index contributed by atoms with van der Waals surface area (Å²) < 4.78 is 25.8. The molecule has 0 aliphatic heterocycles. The van der Waals surface area contributed by atoms with E-state index in [1.165, 1.54) is 15.6 Å². The van der Waals surface area contributed by atoms with Crippen LogP contribution >= 0.6 is 11.3 Å². The zero-order chi connectivity index (χ0) is 11.6. The van der Waals surface area contributed by atoms with Crippen LogP contribution in [0.5, 0.6) is 0 Å². The molecule has 6 heteroatoms. The quantitative estimate of drug-likeness (QED) is 0.862. The molecule has 0 saturated carbocycles. The lowest BCUT2D eigenvalue weighted by atomic mass is 10.4. The molecule has 0 fully saturated rings. The second-order valence-corrected chi connectivity index (χ2v) is 6.94. The van der Waals surface area contributed by atoms with Crippen LogP contribution in [0.25, 0.3) is 0 Å². The minimum Gasteiger partial charge on any atom is -0.329 e. The first-order valence-electron chi connectivity index (χ1n) is 4.63. The molecule has 0 radical (unpaired) electrons. The Morgan fingerprint density at radius 2 is 2.07 bits per heavy atom. The van der Waals surface area contributed by atoms with Gasteiger partial charge in [0.15, 0.2) is 0 Å². The molecule has 0 atom stereocenters. The van der Waals surface area contributed by atoms with Crippen molar-refractivity contribution in [2.45, 2.75) is 18.1 Å². The van der Waals surface area contributed by atoms with Gasteiger partial charge in [0.2, 0.25) is 0 Å². The summed E-state index contributed by atoms with van der Waals surface area (Å²) >= 11 is 1.31. The molecule has 0 spiro atoms. The number of nitrogens with zero attached hydrogens (tertiary/aromatic N) is 1. The van der Waals surface area contributed by atoms with Gasteiger partial charge in [-0.05, 0) is 25.5 Å². The smallest absolute Gasteiger partial charge is 0.252 e. The monoisotopic (exact) mass is 248 g/mol. The van der Waals surface area contributed by atoms with Crippen LogP contribution in [0.4, 0.5) is 0 Å². The minimum atomic E-state index is -3.34. The first-order valence-corrected chi connectivity index (χ1v) is 6.88. The Balaban J connectivity index is 3.11. The lowest BCUT2D eigenvalue weighted by Gasteiger charge is -2.15. The van der Waals surface area contributed by atoms with E-state index in [1.54, 1.807) is 7.05 Å². The highest BCUT2D eigenvalue weighted by molar-refractivity contribution is 7.91. The number of nitrogens with two attached hydrogens (primary N) is 1. The van der Waals surface area contributed by atoms with Gasteiger partial charge in [-0.15, -0.1) is 11.3 Å². The number of sulfonamides is 1. The Labute approximate surface area is 94.8 Å². The van der Waals surface area contributed by atoms with E-state index in [4.69, 9.17) is 5.73 Å². The van der Waals surface area contributed by atoms with E-state index in [2.05, 4.69) is 0 Å². The normalized spacial score (nSPS) is 12.3. The molecule has 1 aromatic heterocycles. The molecule has 4 nitrogen and oxygen atoms in total. The Hall–Kier alpha value is -0.430. The maximum atomic E-state index is 12.0. The molecule has 0 aromatic carbocycles. The summed E-state index contributed by atoms with van der Waals surface area (Å²) in [6, 6.07) is 1.88. The van der Waals surface area contributed by atoms with E-state index < -0.39 is 10.0 Å². The molecule has 0 unspecified atom stereocenters. The number of rotatable bonds is 4. The highest BCUT2D eigenvalue weighted by Crippen LogP contribution is 2.27. The number of aryl methyl sites for hydroxylation is 2. The van der Waals surface area contributed by atoms with E-state index in [9.17, 15) is 8.42 Å². The molecule has 15 heavy (non-hydrogen) atoms. The van der Waals surface area contributed by atoms with Gasteiger partial charge in [-0.2, -0.15) is 4.31 Å². The van der Waals surface area contributed by atoms with Crippen molar-refractivity contribution in [3.63, 3.8) is 0 Å². The fourth-order valence-corrected chi connectivity index (χ4v) is 4.36. The van der Waals surface area contributed by atoms with E-state index in [0.29, 0.717) is 17.3 Å². The molecule has 1 heterocycles. The first kappa shape index (κ1) is 12.6. The Kier molecular flexibility index (Phi) is 3.88. The van der Waals surface area contributed by atoms with E-state index in [-0.39, 0.29) is 0 Å². The van der Waals surface area contributed by atoms with Crippen LogP contribution in [0.3, 0.4) is 0 Å². The first-order chi connectivity index (χ1) is 6.89. The fraction of sp³-hybridized carbons (Fsp3) is 0.556. The SMILES string of the molecule is Cc1cc(C)c(S(=O)(=O)N(C)CCN)s1. The lowest BCUT2D eigenvalue weighted by molar-refractivity contribution is 0.478. The van der Waals surface area contributed by atoms with Crippen molar-refractivity contribution in [3.05, 3.63) is 16.5 Å². The summed E-state index contributed by atoms with van der Waals surface area (Å²) in [5.74, 6) is 0. The van der Waals surface area contributed by atoms with Crippen LogP contribution in [0.1, 0.15) is 10.4 Å². The van der Waals surface area contributed by atoms with Crippen molar-refractivity contribution in [2.24, 2.45) is 5.73 Å². The van der Waals surface area contributed by atoms with E-state index in [0.717, 1.165) is 10.4 Å². The summed E-state index contributed by atoms with van der Waals surface area (Å²) in [6.07, 6.45) is 0. The molecule has 1 aromatic rings. The molecule has 0 amide bonds. The summed E-state index contributed by atoms with van der Waals surface area (Å²) in [6.45, 7) is 4.39. The molecule has 86 valence electrons. The minimum absolute atomic E-state index is 0.332. The van der Waals surface area contributed by atoms with Crippen molar-refractivity contribution >= 4 is 21.4 Å². The molecule has 1 rings (SSSR count). The van der Waals surface area contributed by atoms with E-state index >= 15 is 0 Å². The van der Waals surface area contributed by atoms with Crippen LogP contribution in [0, 0.1) is 13.8 Å². The second-order valence-electron chi connectivity index (χ2n) is 3.44. The lowest BCUT2D eigenvalue weighted by Crippen LogP contribution is -2.31. The predicted octanol–water partition coefficient (Wildman–Crippen LogP) is 0.944. The molecule has 2 N–H and O–H groups in total. The summed E-state index contributed by atoms with van der Waals surface area (Å²) in [5.41, 5.74) is 6.15. The van der Waals surface area contributed by atoms with Crippen molar-refractivity contribution in [2.75, 3.05) is 20.1 Å². The number of hydrogen-bond acceptors (Lipinski definition) is 4. The third-order valence-electron chi connectivity index (χ3n) is 2.08. The van der Waals surface area contributed by atoms with Crippen LogP contribution in [0.15, 0.2) is 10.3 Å². The average molecular weight is 248 g/mol. The van der Waals surface area contributed by atoms with Crippen molar-refractivity contribution in [1.29, 1.82) is 0 Å². The topological polar surface area (TPSA) is 63.4 Å². The second kappa shape index (κ2) is 4.61. The summed E-state index contributed by atoms with van der Waals surface area (Å²) in [4.78, 5) is 1.01. The summed E-state index contributed by atoms with van der Waals surface area (Å²) in [7, 11) is -1.79. The van der Waals surface area contributed by atoms with Crippen molar-refractivity contribution in [3.8, 4) is 0 Å². The van der Waals surface area contributed by atoms with Gasteiger partial charge in [0.25, 0.3) is 10.0 Å². The van der Waals surface area contributed by atoms with Crippen molar-refractivity contribution in [1.82, 2.24) is 4.31 Å². The Bertz CT molecular complexity index is 437. The molecular weight excluding hydrogens is 232 g/mol. The Morgan fingerprint density at radius 3 is 2.47 bits per heavy atom. The molecular formula is C9H16N2O2S2. The number of thiophene rings is 1.